The Balaban J connectivity index is 2.65. The van der Waals surface area contributed by atoms with Crippen molar-refractivity contribution in [3.63, 3.8) is 0 Å². The molecule has 0 radical (unpaired) electrons. The molecule has 0 heterocycles. The fourth-order valence-corrected chi connectivity index (χ4v) is 0.717. The molecule has 1 heteroatoms. The van der Waals surface area contributed by atoms with Crippen molar-refractivity contribution < 1.29 is 5.11 Å². The lowest BCUT2D eigenvalue weighted by atomic mass is 10.2. The summed E-state index contributed by atoms with van der Waals surface area (Å²) in [6.07, 6.45) is 11.4. The first kappa shape index (κ1) is 6.87. The third-order valence-electron chi connectivity index (χ3n) is 1.21. The Hall–Kier alpha value is -1.24. The van der Waals surface area contributed by atoms with Gasteiger partial charge in [-0.3, -0.25) is 0 Å². The van der Waals surface area contributed by atoms with E-state index in [1.807, 2.05) is 30.4 Å². The van der Waals surface area contributed by atoms with Gasteiger partial charge in [0.2, 0.25) is 0 Å². The van der Waals surface area contributed by atoms with Gasteiger partial charge in [0.25, 0.3) is 0 Å². The van der Waals surface area contributed by atoms with Gasteiger partial charge in [-0.05, 0) is 18.6 Å². The Kier molecular flexibility index (Phi) is 2.11. The van der Waals surface area contributed by atoms with Crippen molar-refractivity contribution in [2.45, 2.75) is 6.92 Å². The smallest absolute Gasteiger partial charge is 0.0891 e. The van der Waals surface area contributed by atoms with Crippen LogP contribution in [0.25, 0.3) is 0 Å². The van der Waals surface area contributed by atoms with E-state index in [4.69, 9.17) is 5.11 Å². The quantitative estimate of drug-likeness (QED) is 0.546. The molecule has 0 aromatic rings. The Bertz CT molecular complexity index is 211. The fourth-order valence-electron chi connectivity index (χ4n) is 0.717. The molecule has 0 bridgehead atoms. The van der Waals surface area contributed by atoms with Gasteiger partial charge < -0.3 is 5.11 Å². The summed E-state index contributed by atoms with van der Waals surface area (Å²) in [4.78, 5) is 0. The predicted octanol–water partition coefficient (Wildman–Crippen LogP) is 2.50. The average Bonchev–Trinajstić information content (AvgIpc) is 2.34. The van der Waals surface area contributed by atoms with Gasteiger partial charge in [-0.25, -0.2) is 0 Å². The highest BCUT2D eigenvalue weighted by Gasteiger charge is 1.87. The van der Waals surface area contributed by atoms with Crippen molar-refractivity contribution in [2.24, 2.45) is 0 Å². The van der Waals surface area contributed by atoms with Crippen LogP contribution in [0.5, 0.6) is 0 Å². The highest BCUT2D eigenvalue weighted by molar-refractivity contribution is 5.41. The molecule has 0 aliphatic heterocycles. The van der Waals surface area contributed by atoms with E-state index in [-0.39, 0.29) is 0 Å². The van der Waals surface area contributed by atoms with Gasteiger partial charge in [0.15, 0.2) is 0 Å². The minimum absolute atomic E-state index is 0.334. The second-order valence-corrected chi connectivity index (χ2v) is 2.19. The predicted molar refractivity (Wildman–Crippen MR) is 42.7 cm³/mol. The lowest BCUT2D eigenvalue weighted by Gasteiger charge is -1.85. The van der Waals surface area contributed by atoms with E-state index in [9.17, 15) is 0 Å². The summed E-state index contributed by atoms with van der Waals surface area (Å²) in [6, 6.07) is 0. The van der Waals surface area contributed by atoms with Crippen LogP contribution in [0.3, 0.4) is 0 Å². The van der Waals surface area contributed by atoms with Crippen molar-refractivity contribution in [2.75, 3.05) is 0 Å². The van der Waals surface area contributed by atoms with Crippen molar-refractivity contribution >= 4 is 0 Å². The summed E-state index contributed by atoms with van der Waals surface area (Å²) in [5.74, 6) is 0.334. The maximum absolute atomic E-state index is 8.78. The molecule has 52 valence electrons. The molecule has 0 saturated heterocycles. The molecule has 10 heavy (non-hydrogen) atoms. The van der Waals surface area contributed by atoms with E-state index in [0.29, 0.717) is 5.76 Å². The normalized spacial score (nSPS) is 16.5. The average molecular weight is 134 g/mol. The first-order valence-electron chi connectivity index (χ1n) is 3.21. The van der Waals surface area contributed by atoms with Crippen LogP contribution in [0.1, 0.15) is 6.92 Å². The maximum atomic E-state index is 8.78. The molecule has 0 unspecified atom stereocenters. The Morgan fingerprint density at radius 2 is 2.00 bits per heavy atom. The molecular formula is C9H10O. The van der Waals surface area contributed by atoms with Crippen molar-refractivity contribution in [3.8, 4) is 0 Å². The van der Waals surface area contributed by atoms with Crippen LogP contribution in [-0.2, 0) is 0 Å². The zero-order chi connectivity index (χ0) is 7.40. The van der Waals surface area contributed by atoms with E-state index in [1.54, 1.807) is 13.0 Å². The van der Waals surface area contributed by atoms with Crippen LogP contribution in [0.4, 0.5) is 0 Å². The summed E-state index contributed by atoms with van der Waals surface area (Å²) in [6.45, 7) is 1.65. The minimum Gasteiger partial charge on any atom is -0.513 e. The Morgan fingerprint density at radius 3 is 2.50 bits per heavy atom. The lowest BCUT2D eigenvalue weighted by Crippen LogP contribution is -1.68. The number of aliphatic hydroxyl groups is 1. The first-order chi connectivity index (χ1) is 4.79. The molecule has 1 nitrogen and oxygen atoms in total. The first-order valence-corrected chi connectivity index (χ1v) is 3.21. The van der Waals surface area contributed by atoms with E-state index in [2.05, 4.69) is 0 Å². The molecular weight excluding hydrogens is 124 g/mol. The Labute approximate surface area is 60.7 Å². The van der Waals surface area contributed by atoms with Gasteiger partial charge >= 0.3 is 0 Å². The van der Waals surface area contributed by atoms with Gasteiger partial charge in [0.05, 0.1) is 5.76 Å². The molecule has 0 saturated carbocycles. The van der Waals surface area contributed by atoms with Gasteiger partial charge in [-0.1, -0.05) is 30.4 Å². The van der Waals surface area contributed by atoms with Crippen LogP contribution < -0.4 is 0 Å². The summed E-state index contributed by atoms with van der Waals surface area (Å²) >= 11 is 0. The standard InChI is InChI=1S/C9H10O/c1-8(10)6-7-9-4-2-3-5-9/h2-7,10H,1H3. The third-order valence-corrected chi connectivity index (χ3v) is 1.21. The van der Waals surface area contributed by atoms with E-state index in [0.717, 1.165) is 5.57 Å². The van der Waals surface area contributed by atoms with Crippen LogP contribution in [0.15, 0.2) is 47.8 Å². The molecule has 1 aliphatic rings. The topological polar surface area (TPSA) is 20.2 Å². The van der Waals surface area contributed by atoms with Crippen LogP contribution in [0, 0.1) is 0 Å². The second kappa shape index (κ2) is 3.06. The summed E-state index contributed by atoms with van der Waals surface area (Å²) in [5.41, 5.74) is 1.12. The summed E-state index contributed by atoms with van der Waals surface area (Å²) in [7, 11) is 0. The monoisotopic (exact) mass is 134 g/mol. The largest absolute Gasteiger partial charge is 0.513 e. The third kappa shape index (κ3) is 1.94. The highest BCUT2D eigenvalue weighted by atomic mass is 16.3. The molecule has 1 rings (SSSR count). The molecule has 0 atom stereocenters. The maximum Gasteiger partial charge on any atom is 0.0891 e. The number of rotatable bonds is 1. The van der Waals surface area contributed by atoms with Crippen molar-refractivity contribution in [1.82, 2.24) is 0 Å². The van der Waals surface area contributed by atoms with Crippen LogP contribution in [0.2, 0.25) is 0 Å². The zero-order valence-electron chi connectivity index (χ0n) is 5.91. The SMILES string of the molecule is CC(O)=CC=C1C=CC=C1. The Morgan fingerprint density at radius 1 is 1.40 bits per heavy atom. The molecule has 0 aromatic carbocycles. The number of hydrogen-bond donors (Lipinski definition) is 1. The van der Waals surface area contributed by atoms with Crippen molar-refractivity contribution in [3.05, 3.63) is 47.8 Å². The molecule has 1 aliphatic carbocycles. The van der Waals surface area contributed by atoms with Crippen molar-refractivity contribution in [1.29, 1.82) is 0 Å². The lowest BCUT2D eigenvalue weighted by molar-refractivity contribution is 0.414. The fraction of sp³-hybridized carbons (Fsp3) is 0.111. The number of aliphatic hydroxyl groups excluding tert-OH is 1. The molecule has 1 N–H and O–H groups in total. The second-order valence-electron chi connectivity index (χ2n) is 2.19. The minimum atomic E-state index is 0.334. The van der Waals surface area contributed by atoms with Crippen LogP contribution in [-0.4, -0.2) is 5.11 Å². The molecule has 0 spiro atoms. The van der Waals surface area contributed by atoms with E-state index in [1.165, 1.54) is 0 Å². The molecule has 0 aromatic heterocycles. The summed E-state index contributed by atoms with van der Waals surface area (Å²) < 4.78 is 0. The van der Waals surface area contributed by atoms with Crippen LogP contribution >= 0.6 is 0 Å². The van der Waals surface area contributed by atoms with E-state index >= 15 is 0 Å². The van der Waals surface area contributed by atoms with Gasteiger partial charge in [0, 0.05) is 0 Å². The highest BCUT2D eigenvalue weighted by Crippen LogP contribution is 2.06. The zero-order valence-corrected chi connectivity index (χ0v) is 5.91. The number of hydrogen-bond acceptors (Lipinski definition) is 1. The van der Waals surface area contributed by atoms with Gasteiger partial charge in [-0.15, -0.1) is 0 Å². The number of allylic oxidation sites excluding steroid dienone is 8. The summed E-state index contributed by atoms with van der Waals surface area (Å²) in [5, 5.41) is 8.78. The van der Waals surface area contributed by atoms with Gasteiger partial charge in [0.1, 0.15) is 0 Å². The molecule has 0 amide bonds. The van der Waals surface area contributed by atoms with Gasteiger partial charge in [-0.2, -0.15) is 0 Å². The van der Waals surface area contributed by atoms with E-state index < -0.39 is 0 Å². The molecule has 0 fully saturated rings.